The van der Waals surface area contributed by atoms with Gasteiger partial charge in [-0.3, -0.25) is 0 Å². The summed E-state index contributed by atoms with van der Waals surface area (Å²) in [7, 11) is -1.90. The molecule has 3 aromatic carbocycles. The number of rotatable bonds is 8. The maximum absolute atomic E-state index is 12.5. The van der Waals surface area contributed by atoms with Gasteiger partial charge in [0.25, 0.3) is 0 Å². The van der Waals surface area contributed by atoms with Gasteiger partial charge in [0.1, 0.15) is 5.75 Å². The van der Waals surface area contributed by atoms with Crippen LogP contribution in [-0.2, 0) is 15.8 Å². The number of hydrogen-bond donors (Lipinski definition) is 1. The number of fused-ring (bicyclic) bond motifs is 1. The van der Waals surface area contributed by atoms with Gasteiger partial charge in [-0.25, -0.2) is 13.1 Å². The Bertz CT molecular complexity index is 1030. The molecule has 0 saturated heterocycles. The fourth-order valence-electron chi connectivity index (χ4n) is 2.82. The number of hydrogen-bond acceptors (Lipinski definition) is 4. The molecule has 0 heterocycles. The molecule has 0 spiro atoms. The van der Waals surface area contributed by atoms with E-state index in [9.17, 15) is 8.42 Å². The maximum Gasteiger partial charge on any atom is 0.240 e. The van der Waals surface area contributed by atoms with Crippen molar-refractivity contribution in [1.29, 1.82) is 0 Å². The van der Waals surface area contributed by atoms with Crippen LogP contribution in [0.25, 0.3) is 10.8 Å². The number of sulfonamides is 1. The van der Waals surface area contributed by atoms with E-state index in [2.05, 4.69) is 29.8 Å². The van der Waals surface area contributed by atoms with Crippen LogP contribution in [0.3, 0.4) is 0 Å². The lowest BCUT2D eigenvalue weighted by atomic mass is 10.1. The highest BCUT2D eigenvalue weighted by molar-refractivity contribution is 7.98. The van der Waals surface area contributed by atoms with Crippen molar-refractivity contribution in [3.63, 3.8) is 0 Å². The number of aryl methyl sites for hydroxylation is 1. The van der Waals surface area contributed by atoms with E-state index < -0.39 is 10.0 Å². The smallest absolute Gasteiger partial charge is 0.240 e. The number of nitrogens with one attached hydrogen (secondary N) is 1. The number of thioether (sulfide) groups is 1. The maximum atomic E-state index is 12.5. The Kier molecular flexibility index (Phi) is 6.42. The molecule has 0 saturated carbocycles. The average molecular weight is 402 g/mol. The number of ether oxygens (including phenoxy) is 1. The van der Waals surface area contributed by atoms with Crippen molar-refractivity contribution in [2.45, 2.75) is 17.6 Å². The zero-order chi connectivity index (χ0) is 19.3. The zero-order valence-electron chi connectivity index (χ0n) is 15.4. The van der Waals surface area contributed by atoms with Crippen LogP contribution in [0.2, 0.25) is 0 Å². The fraction of sp³-hybridized carbons (Fsp3) is 0.238. The molecule has 0 radical (unpaired) electrons. The van der Waals surface area contributed by atoms with Crippen molar-refractivity contribution in [3.05, 3.63) is 71.8 Å². The summed E-state index contributed by atoms with van der Waals surface area (Å²) in [5, 5.41) is 1.81. The van der Waals surface area contributed by atoms with Crippen LogP contribution in [0.15, 0.2) is 65.6 Å². The van der Waals surface area contributed by atoms with Crippen LogP contribution >= 0.6 is 11.8 Å². The minimum absolute atomic E-state index is 0.281. The van der Waals surface area contributed by atoms with Crippen molar-refractivity contribution in [1.82, 2.24) is 4.72 Å². The number of benzene rings is 3. The zero-order valence-corrected chi connectivity index (χ0v) is 17.1. The topological polar surface area (TPSA) is 55.4 Å². The van der Waals surface area contributed by atoms with Gasteiger partial charge in [-0.1, -0.05) is 42.0 Å². The van der Waals surface area contributed by atoms with Gasteiger partial charge in [0.05, 0.1) is 12.0 Å². The molecule has 27 heavy (non-hydrogen) atoms. The van der Waals surface area contributed by atoms with Crippen LogP contribution in [-0.4, -0.2) is 27.8 Å². The van der Waals surface area contributed by atoms with Crippen LogP contribution in [0.1, 0.15) is 11.1 Å². The second kappa shape index (κ2) is 8.78. The van der Waals surface area contributed by atoms with E-state index in [1.165, 1.54) is 11.1 Å². The van der Waals surface area contributed by atoms with Crippen LogP contribution in [0, 0.1) is 6.92 Å². The highest BCUT2D eigenvalue weighted by atomic mass is 32.2. The molecule has 6 heteroatoms. The second-order valence-electron chi connectivity index (χ2n) is 6.31. The Balaban J connectivity index is 1.57. The second-order valence-corrected chi connectivity index (χ2v) is 9.19. The Morgan fingerprint density at radius 3 is 2.56 bits per heavy atom. The Morgan fingerprint density at radius 2 is 1.78 bits per heavy atom. The molecular weight excluding hydrogens is 378 g/mol. The lowest BCUT2D eigenvalue weighted by Gasteiger charge is -2.09. The van der Waals surface area contributed by atoms with Gasteiger partial charge >= 0.3 is 0 Å². The van der Waals surface area contributed by atoms with Gasteiger partial charge in [-0.05, 0) is 47.5 Å². The predicted molar refractivity (Wildman–Crippen MR) is 113 cm³/mol. The van der Waals surface area contributed by atoms with Gasteiger partial charge < -0.3 is 4.74 Å². The van der Waals surface area contributed by atoms with Gasteiger partial charge in [0, 0.05) is 18.1 Å². The first-order valence-corrected chi connectivity index (χ1v) is 11.3. The molecule has 0 aliphatic heterocycles. The van der Waals surface area contributed by atoms with Crippen molar-refractivity contribution in [3.8, 4) is 5.75 Å². The first-order valence-electron chi connectivity index (χ1n) is 8.69. The summed E-state index contributed by atoms with van der Waals surface area (Å²) in [5.41, 5.74) is 2.50. The van der Waals surface area contributed by atoms with E-state index >= 15 is 0 Å². The van der Waals surface area contributed by atoms with Crippen LogP contribution in [0.5, 0.6) is 5.75 Å². The summed E-state index contributed by atoms with van der Waals surface area (Å²) in [6.07, 6.45) is 0. The van der Waals surface area contributed by atoms with E-state index in [0.717, 1.165) is 28.0 Å². The minimum atomic E-state index is -3.51. The van der Waals surface area contributed by atoms with Gasteiger partial charge in [0.2, 0.25) is 10.0 Å². The monoisotopic (exact) mass is 401 g/mol. The lowest BCUT2D eigenvalue weighted by molar-refractivity contribution is 0.415. The molecule has 142 valence electrons. The molecule has 0 aromatic heterocycles. The SMILES string of the molecule is COc1ccc2cc(S(=O)(=O)NCCSCc3cccc(C)c3)ccc2c1. The lowest BCUT2D eigenvalue weighted by Crippen LogP contribution is -2.26. The third-order valence-electron chi connectivity index (χ3n) is 4.22. The van der Waals surface area contributed by atoms with Crippen molar-refractivity contribution < 1.29 is 13.2 Å². The molecule has 0 aliphatic carbocycles. The predicted octanol–water partition coefficient (Wildman–Crippen LogP) is 4.37. The summed E-state index contributed by atoms with van der Waals surface area (Å²) in [6, 6.07) is 19.1. The van der Waals surface area contributed by atoms with E-state index in [-0.39, 0.29) is 4.90 Å². The van der Waals surface area contributed by atoms with E-state index in [1.54, 1.807) is 37.1 Å². The van der Waals surface area contributed by atoms with Crippen molar-refractivity contribution >= 4 is 32.6 Å². The minimum Gasteiger partial charge on any atom is -0.497 e. The first-order chi connectivity index (χ1) is 13.0. The van der Waals surface area contributed by atoms with Gasteiger partial charge in [0.15, 0.2) is 0 Å². The largest absolute Gasteiger partial charge is 0.497 e. The molecule has 0 atom stereocenters. The summed E-state index contributed by atoms with van der Waals surface area (Å²) in [5.74, 6) is 2.35. The van der Waals surface area contributed by atoms with E-state index in [4.69, 9.17) is 4.74 Å². The molecule has 1 N–H and O–H groups in total. The Hall–Kier alpha value is -2.02. The fourth-order valence-corrected chi connectivity index (χ4v) is 4.82. The highest BCUT2D eigenvalue weighted by Gasteiger charge is 2.14. The molecule has 0 unspecified atom stereocenters. The van der Waals surface area contributed by atoms with E-state index in [0.29, 0.717) is 6.54 Å². The molecular formula is C21H23NO3S2. The summed E-state index contributed by atoms with van der Waals surface area (Å²) >= 11 is 1.72. The summed E-state index contributed by atoms with van der Waals surface area (Å²) < 4.78 is 33.0. The highest BCUT2D eigenvalue weighted by Crippen LogP contribution is 2.23. The van der Waals surface area contributed by atoms with Gasteiger partial charge in [-0.2, -0.15) is 11.8 Å². The molecule has 0 bridgehead atoms. The number of methoxy groups -OCH3 is 1. The third kappa shape index (κ3) is 5.25. The normalized spacial score (nSPS) is 11.6. The van der Waals surface area contributed by atoms with Gasteiger partial charge in [-0.15, -0.1) is 0 Å². The quantitative estimate of drug-likeness (QED) is 0.570. The molecule has 0 aliphatic rings. The molecule has 3 rings (SSSR count). The molecule has 3 aromatic rings. The Morgan fingerprint density at radius 1 is 1.00 bits per heavy atom. The standard InChI is InChI=1S/C21H23NO3S2/c1-16-4-3-5-17(12-16)15-26-11-10-22-27(23,24)21-9-7-18-13-20(25-2)8-6-19(18)14-21/h3-9,12-14,22H,10-11,15H2,1-2H3. The van der Waals surface area contributed by atoms with Crippen molar-refractivity contribution in [2.75, 3.05) is 19.4 Å². The molecule has 0 amide bonds. The molecule has 0 fully saturated rings. The average Bonchev–Trinajstić information content (AvgIpc) is 2.67. The first kappa shape index (κ1) is 19.7. The van der Waals surface area contributed by atoms with E-state index in [1.807, 2.05) is 24.3 Å². The Labute approximate surface area is 165 Å². The summed E-state index contributed by atoms with van der Waals surface area (Å²) in [4.78, 5) is 0.281. The molecule has 4 nitrogen and oxygen atoms in total. The van der Waals surface area contributed by atoms with Crippen LogP contribution in [0.4, 0.5) is 0 Å². The van der Waals surface area contributed by atoms with Crippen LogP contribution < -0.4 is 9.46 Å². The van der Waals surface area contributed by atoms with Crippen molar-refractivity contribution in [2.24, 2.45) is 0 Å². The summed E-state index contributed by atoms with van der Waals surface area (Å²) in [6.45, 7) is 2.47. The third-order valence-corrected chi connectivity index (χ3v) is 6.71.